The second-order valence-corrected chi connectivity index (χ2v) is 3.74. The van der Waals surface area contributed by atoms with Gasteiger partial charge in [0.15, 0.2) is 5.69 Å². The molecule has 2 aromatic heterocycles. The first kappa shape index (κ1) is 12.0. The molecule has 0 unspecified atom stereocenters. The van der Waals surface area contributed by atoms with Crippen LogP contribution < -0.4 is 5.32 Å². The van der Waals surface area contributed by atoms with Crippen LogP contribution in [-0.2, 0) is 13.5 Å². The van der Waals surface area contributed by atoms with Crippen LogP contribution in [0.3, 0.4) is 0 Å². The molecule has 2 rings (SSSR count). The van der Waals surface area contributed by atoms with Gasteiger partial charge in [-0.25, -0.2) is 9.78 Å². The first-order valence-corrected chi connectivity index (χ1v) is 5.45. The number of rotatable bonds is 4. The third-order valence-corrected chi connectivity index (χ3v) is 2.36. The van der Waals surface area contributed by atoms with Crippen LogP contribution in [0, 0.1) is 0 Å². The number of aromatic carboxylic acids is 1. The van der Waals surface area contributed by atoms with Gasteiger partial charge in [0.25, 0.3) is 0 Å². The summed E-state index contributed by atoms with van der Waals surface area (Å²) in [5.74, 6) is -0.717. The summed E-state index contributed by atoms with van der Waals surface area (Å²) in [6.45, 7) is 1.99. The Kier molecular flexibility index (Phi) is 3.22. The van der Waals surface area contributed by atoms with Gasteiger partial charge in [-0.15, -0.1) is 0 Å². The van der Waals surface area contributed by atoms with E-state index in [0.717, 1.165) is 17.8 Å². The molecule has 0 bridgehead atoms. The zero-order chi connectivity index (χ0) is 13.1. The van der Waals surface area contributed by atoms with Crippen molar-refractivity contribution in [1.29, 1.82) is 0 Å². The number of carboxylic acid groups (broad SMARTS) is 1. The Bertz CT molecular complexity index is 579. The van der Waals surface area contributed by atoms with E-state index in [2.05, 4.69) is 20.4 Å². The fraction of sp³-hybridized carbons (Fsp3) is 0.273. The highest BCUT2D eigenvalue weighted by Crippen LogP contribution is 2.18. The molecule has 0 saturated carbocycles. The molecule has 0 atom stereocenters. The maximum atomic E-state index is 10.8. The van der Waals surface area contributed by atoms with Crippen molar-refractivity contribution < 1.29 is 9.90 Å². The molecule has 0 saturated heterocycles. The minimum atomic E-state index is -1.10. The summed E-state index contributed by atoms with van der Waals surface area (Å²) in [6.07, 6.45) is 5.26. The predicted octanol–water partition coefficient (Wildman–Crippen LogP) is 1.21. The predicted molar refractivity (Wildman–Crippen MR) is 64.9 cm³/mol. The molecule has 7 heteroatoms. The van der Waals surface area contributed by atoms with Gasteiger partial charge in [-0.2, -0.15) is 5.10 Å². The van der Waals surface area contributed by atoms with Crippen molar-refractivity contribution >= 4 is 17.5 Å². The van der Waals surface area contributed by atoms with E-state index in [9.17, 15) is 4.79 Å². The molecule has 2 N–H and O–H groups in total. The highest BCUT2D eigenvalue weighted by atomic mass is 16.4. The quantitative estimate of drug-likeness (QED) is 0.843. The van der Waals surface area contributed by atoms with Crippen molar-refractivity contribution in [2.75, 3.05) is 5.32 Å². The van der Waals surface area contributed by atoms with E-state index in [1.165, 1.54) is 12.4 Å². The van der Waals surface area contributed by atoms with Gasteiger partial charge in [0.2, 0.25) is 0 Å². The summed E-state index contributed by atoms with van der Waals surface area (Å²) in [6, 6.07) is 0. The van der Waals surface area contributed by atoms with E-state index in [-0.39, 0.29) is 5.69 Å². The van der Waals surface area contributed by atoms with Crippen molar-refractivity contribution in [2.45, 2.75) is 13.3 Å². The smallest absolute Gasteiger partial charge is 0.356 e. The molecule has 7 nitrogen and oxygen atoms in total. The molecule has 0 amide bonds. The van der Waals surface area contributed by atoms with Crippen molar-refractivity contribution in [3.05, 3.63) is 30.0 Å². The minimum Gasteiger partial charge on any atom is -0.476 e. The number of carboxylic acids is 1. The first-order valence-electron chi connectivity index (χ1n) is 5.45. The number of aryl methyl sites for hydroxylation is 2. The number of aromatic nitrogens is 4. The molecule has 0 spiro atoms. The third-order valence-electron chi connectivity index (χ3n) is 2.36. The Balaban J connectivity index is 2.28. The normalized spacial score (nSPS) is 10.3. The monoisotopic (exact) mass is 247 g/mol. The average Bonchev–Trinajstić information content (AvgIpc) is 2.69. The van der Waals surface area contributed by atoms with Gasteiger partial charge < -0.3 is 10.4 Å². The molecule has 2 aromatic rings. The number of carbonyl (C=O) groups is 1. The van der Waals surface area contributed by atoms with Crippen LogP contribution in [0.2, 0.25) is 0 Å². The van der Waals surface area contributed by atoms with Gasteiger partial charge in [0.1, 0.15) is 5.82 Å². The summed E-state index contributed by atoms with van der Waals surface area (Å²) in [7, 11) is 1.82. The molecule has 2 heterocycles. The molecule has 0 aliphatic heterocycles. The standard InChI is InChI=1S/C11H13N5O2/c1-3-7-9(6-16(2)15-7)14-10-5-12-4-8(13-10)11(17)18/h4-6H,3H2,1-2H3,(H,13,14)(H,17,18). The van der Waals surface area contributed by atoms with E-state index in [1.54, 1.807) is 4.68 Å². The van der Waals surface area contributed by atoms with Gasteiger partial charge in [-0.05, 0) is 6.42 Å². The number of nitrogens with zero attached hydrogens (tertiary/aromatic N) is 4. The molecular weight excluding hydrogens is 234 g/mol. The SMILES string of the molecule is CCc1nn(C)cc1Nc1cncc(C(=O)O)n1. The molecule has 0 fully saturated rings. The van der Waals surface area contributed by atoms with Gasteiger partial charge in [-0.1, -0.05) is 6.92 Å². The Labute approximate surface area is 104 Å². The van der Waals surface area contributed by atoms with Crippen LogP contribution in [0.25, 0.3) is 0 Å². The molecule has 0 radical (unpaired) electrons. The lowest BCUT2D eigenvalue weighted by molar-refractivity contribution is 0.0690. The number of hydrogen-bond acceptors (Lipinski definition) is 5. The number of nitrogens with one attached hydrogen (secondary N) is 1. The Morgan fingerprint density at radius 1 is 1.50 bits per heavy atom. The van der Waals surface area contributed by atoms with E-state index in [4.69, 9.17) is 5.11 Å². The second kappa shape index (κ2) is 4.82. The summed E-state index contributed by atoms with van der Waals surface area (Å²) >= 11 is 0. The molecule has 0 aromatic carbocycles. The van der Waals surface area contributed by atoms with Gasteiger partial charge >= 0.3 is 5.97 Å². The second-order valence-electron chi connectivity index (χ2n) is 3.74. The topological polar surface area (TPSA) is 92.9 Å². The number of anilines is 2. The lowest BCUT2D eigenvalue weighted by Gasteiger charge is -2.04. The van der Waals surface area contributed by atoms with E-state index < -0.39 is 5.97 Å². The molecule has 18 heavy (non-hydrogen) atoms. The van der Waals surface area contributed by atoms with Gasteiger partial charge in [0.05, 0.1) is 23.8 Å². The Morgan fingerprint density at radius 2 is 2.28 bits per heavy atom. The first-order chi connectivity index (χ1) is 8.60. The largest absolute Gasteiger partial charge is 0.476 e. The van der Waals surface area contributed by atoms with Crippen molar-refractivity contribution in [3.63, 3.8) is 0 Å². The summed E-state index contributed by atoms with van der Waals surface area (Å²) in [5, 5.41) is 16.1. The summed E-state index contributed by atoms with van der Waals surface area (Å²) < 4.78 is 1.69. The van der Waals surface area contributed by atoms with Crippen LogP contribution in [0.1, 0.15) is 23.1 Å². The van der Waals surface area contributed by atoms with Crippen molar-refractivity contribution in [1.82, 2.24) is 19.7 Å². The summed E-state index contributed by atoms with van der Waals surface area (Å²) in [5.41, 5.74) is 1.60. The average molecular weight is 247 g/mol. The lowest BCUT2D eigenvalue weighted by Crippen LogP contribution is -2.04. The maximum Gasteiger partial charge on any atom is 0.356 e. The molecule has 0 aliphatic carbocycles. The fourth-order valence-electron chi connectivity index (χ4n) is 1.57. The van der Waals surface area contributed by atoms with Crippen molar-refractivity contribution in [2.24, 2.45) is 7.05 Å². The van der Waals surface area contributed by atoms with Crippen LogP contribution in [0.15, 0.2) is 18.6 Å². The molecule has 94 valence electrons. The summed E-state index contributed by atoms with van der Waals surface area (Å²) in [4.78, 5) is 18.6. The van der Waals surface area contributed by atoms with Crippen molar-refractivity contribution in [3.8, 4) is 0 Å². The number of hydrogen-bond donors (Lipinski definition) is 2. The van der Waals surface area contributed by atoms with Crippen LogP contribution in [-0.4, -0.2) is 30.8 Å². The fourth-order valence-corrected chi connectivity index (χ4v) is 1.57. The van der Waals surface area contributed by atoms with Crippen LogP contribution in [0.4, 0.5) is 11.5 Å². The van der Waals surface area contributed by atoms with E-state index >= 15 is 0 Å². The molecule has 0 aliphatic rings. The maximum absolute atomic E-state index is 10.8. The minimum absolute atomic E-state index is 0.0954. The Hall–Kier alpha value is -2.44. The Morgan fingerprint density at radius 3 is 2.94 bits per heavy atom. The lowest BCUT2D eigenvalue weighted by atomic mass is 10.3. The third kappa shape index (κ3) is 2.45. The zero-order valence-corrected chi connectivity index (χ0v) is 10.1. The van der Waals surface area contributed by atoms with Gasteiger partial charge in [-0.3, -0.25) is 9.67 Å². The highest BCUT2D eigenvalue weighted by Gasteiger charge is 2.09. The van der Waals surface area contributed by atoms with E-state index in [1.807, 2.05) is 20.2 Å². The van der Waals surface area contributed by atoms with Crippen LogP contribution in [0.5, 0.6) is 0 Å². The molecular formula is C11H13N5O2. The zero-order valence-electron chi connectivity index (χ0n) is 10.1. The highest BCUT2D eigenvalue weighted by molar-refractivity contribution is 5.85. The van der Waals surface area contributed by atoms with E-state index in [0.29, 0.717) is 5.82 Å². The van der Waals surface area contributed by atoms with Crippen LogP contribution >= 0.6 is 0 Å². The van der Waals surface area contributed by atoms with Gasteiger partial charge in [0, 0.05) is 13.2 Å².